The van der Waals surface area contributed by atoms with Crippen molar-refractivity contribution in [3.8, 4) is 5.75 Å². The molecule has 2 atom stereocenters. The summed E-state index contributed by atoms with van der Waals surface area (Å²) in [5.74, 6) is 1.88. The second-order valence-electron chi connectivity index (χ2n) is 6.21. The van der Waals surface area contributed by atoms with Gasteiger partial charge in [-0.3, -0.25) is 4.90 Å². The van der Waals surface area contributed by atoms with Gasteiger partial charge in [0, 0.05) is 18.3 Å². The number of rotatable bonds is 4. The third-order valence-corrected chi connectivity index (χ3v) is 4.89. The molecule has 3 rings (SSSR count). The van der Waals surface area contributed by atoms with Crippen LogP contribution in [0.25, 0.3) is 0 Å². The largest absolute Gasteiger partial charge is 0.492 e. The molecule has 0 amide bonds. The summed E-state index contributed by atoms with van der Waals surface area (Å²) in [5.41, 5.74) is 6.47. The third kappa shape index (κ3) is 3.26. The standard InChI is InChI=1S/C17H26N2O/c18-15-7-9-16(10-8-15)20-13-12-19-11-3-5-14-4-1-2-6-17(14)19/h7-10,14,17H,1-6,11-13,18H2. The van der Waals surface area contributed by atoms with Crippen LogP contribution >= 0.6 is 0 Å². The highest BCUT2D eigenvalue weighted by Crippen LogP contribution is 2.34. The molecule has 20 heavy (non-hydrogen) atoms. The predicted molar refractivity (Wildman–Crippen MR) is 82.9 cm³/mol. The zero-order valence-corrected chi connectivity index (χ0v) is 12.3. The summed E-state index contributed by atoms with van der Waals surface area (Å²) in [7, 11) is 0. The van der Waals surface area contributed by atoms with Crippen LogP contribution in [-0.4, -0.2) is 30.6 Å². The number of benzene rings is 1. The van der Waals surface area contributed by atoms with Crippen LogP contribution in [0.4, 0.5) is 5.69 Å². The monoisotopic (exact) mass is 274 g/mol. The van der Waals surface area contributed by atoms with Crippen LogP contribution in [-0.2, 0) is 0 Å². The van der Waals surface area contributed by atoms with Crippen LogP contribution in [0.5, 0.6) is 5.75 Å². The van der Waals surface area contributed by atoms with E-state index in [-0.39, 0.29) is 0 Å². The van der Waals surface area contributed by atoms with E-state index in [0.717, 1.165) is 36.5 Å². The number of fused-ring (bicyclic) bond motifs is 1. The molecule has 2 aliphatic rings. The Balaban J connectivity index is 1.48. The molecule has 1 aromatic rings. The van der Waals surface area contributed by atoms with Crippen LogP contribution in [0.1, 0.15) is 38.5 Å². The molecular formula is C17H26N2O. The average molecular weight is 274 g/mol. The maximum atomic E-state index is 5.85. The number of anilines is 1. The van der Waals surface area contributed by atoms with Gasteiger partial charge in [0.05, 0.1) is 0 Å². The van der Waals surface area contributed by atoms with Crippen LogP contribution in [0, 0.1) is 5.92 Å². The minimum atomic E-state index is 0.785. The maximum absolute atomic E-state index is 5.85. The molecule has 1 aliphatic heterocycles. The molecule has 1 heterocycles. The van der Waals surface area contributed by atoms with E-state index in [2.05, 4.69) is 4.90 Å². The first-order chi connectivity index (χ1) is 9.83. The fraction of sp³-hybridized carbons (Fsp3) is 0.647. The van der Waals surface area contributed by atoms with Crippen molar-refractivity contribution in [2.24, 2.45) is 5.92 Å². The Labute approximate surface area is 122 Å². The van der Waals surface area contributed by atoms with E-state index in [9.17, 15) is 0 Å². The summed E-state index contributed by atoms with van der Waals surface area (Å²) in [5, 5.41) is 0. The first-order valence-electron chi connectivity index (χ1n) is 8.05. The molecule has 2 N–H and O–H groups in total. The molecule has 1 saturated carbocycles. The van der Waals surface area contributed by atoms with E-state index in [1.54, 1.807) is 0 Å². The van der Waals surface area contributed by atoms with Crippen LogP contribution < -0.4 is 10.5 Å². The number of nitrogen functional groups attached to an aromatic ring is 1. The van der Waals surface area contributed by atoms with Crippen molar-refractivity contribution < 1.29 is 4.74 Å². The van der Waals surface area contributed by atoms with Gasteiger partial charge in [0.15, 0.2) is 0 Å². The van der Waals surface area contributed by atoms with Crippen molar-refractivity contribution >= 4 is 5.69 Å². The molecule has 3 nitrogen and oxygen atoms in total. The zero-order chi connectivity index (χ0) is 13.8. The Hall–Kier alpha value is -1.22. The quantitative estimate of drug-likeness (QED) is 0.856. The predicted octanol–water partition coefficient (Wildman–Crippen LogP) is 3.30. The highest BCUT2D eigenvalue weighted by molar-refractivity contribution is 5.41. The molecule has 0 radical (unpaired) electrons. The lowest BCUT2D eigenvalue weighted by atomic mass is 9.78. The van der Waals surface area contributed by atoms with Crippen molar-refractivity contribution in [1.29, 1.82) is 0 Å². The molecule has 110 valence electrons. The number of nitrogens with two attached hydrogens (primary N) is 1. The summed E-state index contributed by atoms with van der Waals surface area (Å²) in [6.07, 6.45) is 8.50. The highest BCUT2D eigenvalue weighted by Gasteiger charge is 2.32. The van der Waals surface area contributed by atoms with Gasteiger partial charge in [-0.1, -0.05) is 12.8 Å². The first kappa shape index (κ1) is 13.7. The number of nitrogens with zero attached hydrogens (tertiary/aromatic N) is 1. The van der Waals surface area contributed by atoms with E-state index in [1.165, 1.54) is 45.1 Å². The highest BCUT2D eigenvalue weighted by atomic mass is 16.5. The minimum Gasteiger partial charge on any atom is -0.492 e. The second kappa shape index (κ2) is 6.49. The van der Waals surface area contributed by atoms with Crippen LogP contribution in [0.2, 0.25) is 0 Å². The SMILES string of the molecule is Nc1ccc(OCCN2CCCC3CCCCC32)cc1. The summed E-state index contributed by atoms with van der Waals surface area (Å²) in [6.45, 7) is 3.10. The normalized spacial score (nSPS) is 27.0. The van der Waals surface area contributed by atoms with Gasteiger partial charge in [-0.15, -0.1) is 0 Å². The Morgan fingerprint density at radius 1 is 1.05 bits per heavy atom. The van der Waals surface area contributed by atoms with Crippen LogP contribution in [0.15, 0.2) is 24.3 Å². The minimum absolute atomic E-state index is 0.785. The fourth-order valence-corrected chi connectivity index (χ4v) is 3.85. The van der Waals surface area contributed by atoms with Gasteiger partial charge in [-0.05, 0) is 62.4 Å². The van der Waals surface area contributed by atoms with Crippen molar-refractivity contribution in [2.75, 3.05) is 25.4 Å². The molecule has 0 bridgehead atoms. The smallest absolute Gasteiger partial charge is 0.119 e. The Bertz CT molecular complexity index is 416. The molecule has 0 spiro atoms. The van der Waals surface area contributed by atoms with Crippen molar-refractivity contribution in [3.05, 3.63) is 24.3 Å². The number of likely N-dealkylation sites (tertiary alicyclic amines) is 1. The van der Waals surface area contributed by atoms with Gasteiger partial charge in [0.1, 0.15) is 12.4 Å². The number of piperidine rings is 1. The van der Waals surface area contributed by atoms with Gasteiger partial charge in [0.25, 0.3) is 0 Å². The summed E-state index contributed by atoms with van der Waals surface area (Å²) >= 11 is 0. The second-order valence-corrected chi connectivity index (χ2v) is 6.21. The van der Waals surface area contributed by atoms with Gasteiger partial charge >= 0.3 is 0 Å². The molecule has 0 aromatic heterocycles. The first-order valence-corrected chi connectivity index (χ1v) is 8.05. The molecule has 1 aromatic carbocycles. The lowest BCUT2D eigenvalue weighted by Gasteiger charge is -2.44. The van der Waals surface area contributed by atoms with Crippen molar-refractivity contribution in [1.82, 2.24) is 4.90 Å². The van der Waals surface area contributed by atoms with Gasteiger partial charge in [0.2, 0.25) is 0 Å². The maximum Gasteiger partial charge on any atom is 0.119 e. The molecule has 2 unspecified atom stereocenters. The molecule has 3 heteroatoms. The lowest BCUT2D eigenvalue weighted by molar-refractivity contribution is 0.0501. The van der Waals surface area contributed by atoms with E-state index >= 15 is 0 Å². The topological polar surface area (TPSA) is 38.5 Å². The number of ether oxygens (including phenoxy) is 1. The van der Waals surface area contributed by atoms with Crippen LogP contribution in [0.3, 0.4) is 0 Å². The van der Waals surface area contributed by atoms with E-state index < -0.39 is 0 Å². The third-order valence-electron chi connectivity index (χ3n) is 4.89. The van der Waals surface area contributed by atoms with Gasteiger partial charge in [-0.2, -0.15) is 0 Å². The summed E-state index contributed by atoms with van der Waals surface area (Å²) in [4.78, 5) is 2.67. The Morgan fingerprint density at radius 2 is 1.80 bits per heavy atom. The molecule has 1 aliphatic carbocycles. The zero-order valence-electron chi connectivity index (χ0n) is 12.3. The van der Waals surface area contributed by atoms with E-state index in [0.29, 0.717) is 0 Å². The number of hydrogen-bond acceptors (Lipinski definition) is 3. The van der Waals surface area contributed by atoms with Gasteiger partial charge < -0.3 is 10.5 Å². The van der Waals surface area contributed by atoms with Crippen molar-refractivity contribution in [2.45, 2.75) is 44.6 Å². The van der Waals surface area contributed by atoms with E-state index in [1.807, 2.05) is 24.3 Å². The van der Waals surface area contributed by atoms with E-state index in [4.69, 9.17) is 10.5 Å². The van der Waals surface area contributed by atoms with Crippen molar-refractivity contribution in [3.63, 3.8) is 0 Å². The summed E-state index contributed by atoms with van der Waals surface area (Å²) < 4.78 is 5.85. The summed E-state index contributed by atoms with van der Waals surface area (Å²) in [6, 6.07) is 8.53. The molecule has 1 saturated heterocycles. The molecule has 2 fully saturated rings. The number of hydrogen-bond donors (Lipinski definition) is 1. The average Bonchev–Trinajstić information content (AvgIpc) is 2.49. The fourth-order valence-electron chi connectivity index (χ4n) is 3.85. The lowest BCUT2D eigenvalue weighted by Crippen LogP contribution is -2.48. The molecular weight excluding hydrogens is 248 g/mol. The Kier molecular flexibility index (Phi) is 4.46. The van der Waals surface area contributed by atoms with Gasteiger partial charge in [-0.25, -0.2) is 0 Å². The Morgan fingerprint density at radius 3 is 2.65 bits per heavy atom.